The molecule has 114 valence electrons. The molecule has 0 aromatic carbocycles. The SMILES string of the molecule is CC(C)NCc1cn(CCN(C)Cc2ccccn2)nn1. The van der Waals surface area contributed by atoms with Crippen LogP contribution in [-0.4, -0.2) is 44.5 Å². The predicted octanol–water partition coefficient (Wildman–Crippen LogP) is 1.30. The predicted molar refractivity (Wildman–Crippen MR) is 82.6 cm³/mol. The summed E-state index contributed by atoms with van der Waals surface area (Å²) in [6.45, 7) is 7.60. The molecule has 2 aromatic rings. The second-order valence-corrected chi connectivity index (χ2v) is 5.57. The minimum atomic E-state index is 0.458. The molecular formula is C15H24N6. The number of hydrogen-bond donors (Lipinski definition) is 1. The molecule has 0 saturated heterocycles. The molecule has 0 unspecified atom stereocenters. The second kappa shape index (κ2) is 7.85. The highest BCUT2D eigenvalue weighted by molar-refractivity contribution is 5.03. The molecule has 21 heavy (non-hydrogen) atoms. The molecule has 2 heterocycles. The van der Waals surface area contributed by atoms with Gasteiger partial charge in [0.2, 0.25) is 0 Å². The van der Waals surface area contributed by atoms with Crippen LogP contribution in [0, 0.1) is 0 Å². The summed E-state index contributed by atoms with van der Waals surface area (Å²) in [6, 6.07) is 6.45. The third-order valence-electron chi connectivity index (χ3n) is 3.15. The lowest BCUT2D eigenvalue weighted by Gasteiger charge is -2.15. The molecule has 1 N–H and O–H groups in total. The summed E-state index contributed by atoms with van der Waals surface area (Å²) in [6.07, 6.45) is 3.83. The molecule has 2 aromatic heterocycles. The third-order valence-corrected chi connectivity index (χ3v) is 3.15. The smallest absolute Gasteiger partial charge is 0.0964 e. The van der Waals surface area contributed by atoms with Crippen molar-refractivity contribution in [1.29, 1.82) is 0 Å². The van der Waals surface area contributed by atoms with Crippen molar-refractivity contribution in [2.45, 2.75) is 39.5 Å². The number of rotatable bonds is 8. The van der Waals surface area contributed by atoms with E-state index in [1.165, 1.54) is 0 Å². The van der Waals surface area contributed by atoms with E-state index >= 15 is 0 Å². The fourth-order valence-electron chi connectivity index (χ4n) is 1.96. The van der Waals surface area contributed by atoms with Crippen LogP contribution in [0.2, 0.25) is 0 Å². The van der Waals surface area contributed by atoms with Crippen LogP contribution >= 0.6 is 0 Å². The molecule has 0 amide bonds. The van der Waals surface area contributed by atoms with Gasteiger partial charge in [-0.1, -0.05) is 25.1 Å². The van der Waals surface area contributed by atoms with Gasteiger partial charge in [0, 0.05) is 38.1 Å². The largest absolute Gasteiger partial charge is 0.309 e. The fourth-order valence-corrected chi connectivity index (χ4v) is 1.96. The molecule has 0 saturated carbocycles. The third kappa shape index (κ3) is 5.61. The Labute approximate surface area is 126 Å². The van der Waals surface area contributed by atoms with Crippen molar-refractivity contribution in [1.82, 2.24) is 30.2 Å². The van der Waals surface area contributed by atoms with Crippen LogP contribution in [0.1, 0.15) is 25.2 Å². The van der Waals surface area contributed by atoms with Gasteiger partial charge in [0.1, 0.15) is 0 Å². The normalized spacial score (nSPS) is 11.5. The molecule has 0 aliphatic carbocycles. The van der Waals surface area contributed by atoms with Crippen molar-refractivity contribution >= 4 is 0 Å². The number of aromatic nitrogens is 4. The summed E-state index contributed by atoms with van der Waals surface area (Å²) in [7, 11) is 2.09. The summed E-state index contributed by atoms with van der Waals surface area (Å²) in [5, 5.41) is 11.7. The Bertz CT molecular complexity index is 522. The van der Waals surface area contributed by atoms with Gasteiger partial charge >= 0.3 is 0 Å². The van der Waals surface area contributed by atoms with Crippen LogP contribution in [0.4, 0.5) is 0 Å². The molecule has 2 rings (SSSR count). The first-order chi connectivity index (χ1) is 10.1. The summed E-state index contributed by atoms with van der Waals surface area (Å²) < 4.78 is 1.90. The average molecular weight is 288 g/mol. The van der Waals surface area contributed by atoms with Crippen molar-refractivity contribution < 1.29 is 0 Å². The van der Waals surface area contributed by atoms with Crippen molar-refractivity contribution in [2.24, 2.45) is 0 Å². The van der Waals surface area contributed by atoms with Crippen LogP contribution in [0.25, 0.3) is 0 Å². The van der Waals surface area contributed by atoms with Gasteiger partial charge in [-0.2, -0.15) is 0 Å². The maximum atomic E-state index is 4.33. The molecule has 0 spiro atoms. The van der Waals surface area contributed by atoms with Crippen LogP contribution in [0.3, 0.4) is 0 Å². The van der Waals surface area contributed by atoms with E-state index in [0.717, 1.165) is 37.6 Å². The Kier molecular flexibility index (Phi) is 5.83. The summed E-state index contributed by atoms with van der Waals surface area (Å²) in [5.41, 5.74) is 2.07. The quantitative estimate of drug-likeness (QED) is 0.793. The zero-order valence-electron chi connectivity index (χ0n) is 13.0. The zero-order chi connectivity index (χ0) is 15.1. The van der Waals surface area contributed by atoms with E-state index in [-0.39, 0.29) is 0 Å². The lowest BCUT2D eigenvalue weighted by molar-refractivity contribution is 0.300. The van der Waals surface area contributed by atoms with E-state index in [9.17, 15) is 0 Å². The van der Waals surface area contributed by atoms with Gasteiger partial charge in [-0.15, -0.1) is 5.10 Å². The summed E-state index contributed by atoms with van der Waals surface area (Å²) >= 11 is 0. The van der Waals surface area contributed by atoms with Gasteiger partial charge in [0.05, 0.1) is 17.9 Å². The van der Waals surface area contributed by atoms with E-state index < -0.39 is 0 Å². The van der Waals surface area contributed by atoms with Gasteiger partial charge in [-0.3, -0.25) is 14.6 Å². The number of nitrogens with one attached hydrogen (secondary N) is 1. The maximum Gasteiger partial charge on any atom is 0.0964 e. The van der Waals surface area contributed by atoms with Gasteiger partial charge in [0.15, 0.2) is 0 Å². The highest BCUT2D eigenvalue weighted by Crippen LogP contribution is 2.00. The number of likely N-dealkylation sites (N-methyl/N-ethyl adjacent to an activating group) is 1. The number of pyridine rings is 1. The molecule has 0 atom stereocenters. The number of hydrogen-bond acceptors (Lipinski definition) is 5. The molecule has 0 aliphatic heterocycles. The molecule has 6 nitrogen and oxygen atoms in total. The van der Waals surface area contributed by atoms with E-state index in [4.69, 9.17) is 0 Å². The minimum absolute atomic E-state index is 0.458. The summed E-state index contributed by atoms with van der Waals surface area (Å²) in [5.74, 6) is 0. The topological polar surface area (TPSA) is 58.9 Å². The van der Waals surface area contributed by atoms with E-state index in [2.05, 4.69) is 46.4 Å². The van der Waals surface area contributed by atoms with E-state index in [0.29, 0.717) is 6.04 Å². The fraction of sp³-hybridized carbons (Fsp3) is 0.533. The first-order valence-corrected chi connectivity index (χ1v) is 7.34. The Hall–Kier alpha value is -1.79. The lowest BCUT2D eigenvalue weighted by Crippen LogP contribution is -2.23. The number of nitrogens with zero attached hydrogens (tertiary/aromatic N) is 5. The molecule has 6 heteroatoms. The first kappa shape index (κ1) is 15.6. The summed E-state index contributed by atoms with van der Waals surface area (Å²) in [4.78, 5) is 6.57. The molecule has 0 bridgehead atoms. The Balaban J connectivity index is 1.75. The maximum absolute atomic E-state index is 4.33. The Morgan fingerprint density at radius 3 is 2.86 bits per heavy atom. The average Bonchev–Trinajstić information content (AvgIpc) is 2.92. The van der Waals surface area contributed by atoms with Gasteiger partial charge in [0.25, 0.3) is 0 Å². The Morgan fingerprint density at radius 1 is 1.29 bits per heavy atom. The van der Waals surface area contributed by atoms with Gasteiger partial charge in [-0.05, 0) is 19.2 Å². The van der Waals surface area contributed by atoms with Crippen molar-refractivity contribution in [3.63, 3.8) is 0 Å². The van der Waals surface area contributed by atoms with E-state index in [1.54, 1.807) is 0 Å². The van der Waals surface area contributed by atoms with Crippen LogP contribution < -0.4 is 5.32 Å². The van der Waals surface area contributed by atoms with Gasteiger partial charge < -0.3 is 5.32 Å². The monoisotopic (exact) mass is 288 g/mol. The van der Waals surface area contributed by atoms with Crippen molar-refractivity contribution in [3.05, 3.63) is 42.0 Å². The van der Waals surface area contributed by atoms with Gasteiger partial charge in [-0.25, -0.2) is 0 Å². The lowest BCUT2D eigenvalue weighted by atomic mass is 10.3. The second-order valence-electron chi connectivity index (χ2n) is 5.57. The molecule has 0 fully saturated rings. The highest BCUT2D eigenvalue weighted by atomic mass is 15.4. The van der Waals surface area contributed by atoms with Crippen LogP contribution in [0.15, 0.2) is 30.6 Å². The van der Waals surface area contributed by atoms with Crippen LogP contribution in [-0.2, 0) is 19.6 Å². The Morgan fingerprint density at radius 2 is 2.14 bits per heavy atom. The highest BCUT2D eigenvalue weighted by Gasteiger charge is 2.04. The van der Waals surface area contributed by atoms with Crippen LogP contribution in [0.5, 0.6) is 0 Å². The standard InChI is InChI=1S/C15H24N6/c1-13(2)17-10-15-12-21(19-18-15)9-8-20(3)11-14-6-4-5-7-16-14/h4-7,12-13,17H,8-11H2,1-3H3. The zero-order valence-corrected chi connectivity index (χ0v) is 13.0. The van der Waals surface area contributed by atoms with E-state index in [1.807, 2.05) is 35.3 Å². The molecule has 0 radical (unpaired) electrons. The molecular weight excluding hydrogens is 264 g/mol. The van der Waals surface area contributed by atoms with Crippen molar-refractivity contribution in [3.8, 4) is 0 Å². The molecule has 0 aliphatic rings. The minimum Gasteiger partial charge on any atom is -0.309 e. The first-order valence-electron chi connectivity index (χ1n) is 7.34. The van der Waals surface area contributed by atoms with Crippen molar-refractivity contribution in [2.75, 3.05) is 13.6 Å².